The maximum atomic E-state index is 11.8. The Kier molecular flexibility index (Phi) is 6.24. The summed E-state index contributed by atoms with van der Waals surface area (Å²) in [6.45, 7) is -0.895. The summed E-state index contributed by atoms with van der Waals surface area (Å²) < 4.78 is 27.5. The summed E-state index contributed by atoms with van der Waals surface area (Å²) in [7, 11) is -4.28. The van der Waals surface area contributed by atoms with Gasteiger partial charge in [-0.1, -0.05) is 10.2 Å². The van der Waals surface area contributed by atoms with Gasteiger partial charge in [0.2, 0.25) is 11.9 Å². The Hall–Kier alpha value is -3.45. The summed E-state index contributed by atoms with van der Waals surface area (Å²) >= 11 is 0. The van der Waals surface area contributed by atoms with Gasteiger partial charge in [0.1, 0.15) is 5.25 Å². The lowest BCUT2D eigenvalue weighted by molar-refractivity contribution is 0.250. The molecule has 0 aliphatic rings. The van der Waals surface area contributed by atoms with Crippen molar-refractivity contribution in [2.75, 3.05) is 23.7 Å². The first-order valence-electron chi connectivity index (χ1n) is 6.60. The highest BCUT2D eigenvalue weighted by Gasteiger charge is 2.27. The van der Waals surface area contributed by atoms with E-state index >= 15 is 0 Å². The number of carbonyl (C=O) groups is 2. The number of aromatic amines is 2. The zero-order valence-corrected chi connectivity index (χ0v) is 13.5. The van der Waals surface area contributed by atoms with Crippen LogP contribution < -0.4 is 27.2 Å². The second kappa shape index (κ2) is 8.59. The second-order valence-electron chi connectivity index (χ2n) is 4.38. The number of hydrogen-bond donors (Lipinski definition) is 7. The van der Waals surface area contributed by atoms with E-state index in [2.05, 4.69) is 66.8 Å². The normalized spacial score (nSPS) is 11.2. The van der Waals surface area contributed by atoms with Gasteiger partial charge < -0.3 is 10.6 Å². The molecule has 2 aromatic rings. The number of amides is 4. The van der Waals surface area contributed by atoms with E-state index in [1.165, 1.54) is 0 Å². The Labute approximate surface area is 144 Å². The number of H-pyrrole nitrogens is 2. The standard InChI is InChI=1S/C7H13N13O5S/c8-25-26(23,24)3(1-9-6(21)11-4-13-17-18-14-4)2-10-7(22)12-5-15-19-20-16-5/h3H,1-2,8H2,(H3,9,11,13,14,17,18,21)(H3,10,12,15,16,19,20,22). The lowest BCUT2D eigenvalue weighted by atomic mass is 10.4. The van der Waals surface area contributed by atoms with Crippen LogP contribution in [-0.4, -0.2) is 80.1 Å². The third-order valence-corrected chi connectivity index (χ3v) is 4.10. The summed E-state index contributed by atoms with van der Waals surface area (Å²) in [6.07, 6.45) is 0. The van der Waals surface area contributed by atoms with Crippen molar-refractivity contribution in [1.29, 1.82) is 0 Å². The molecule has 0 bridgehead atoms. The molecule has 2 heterocycles. The van der Waals surface area contributed by atoms with Crippen molar-refractivity contribution >= 4 is 34.1 Å². The van der Waals surface area contributed by atoms with Crippen molar-refractivity contribution in [1.82, 2.24) is 51.9 Å². The number of urea groups is 2. The number of tetrazole rings is 2. The van der Waals surface area contributed by atoms with Gasteiger partial charge in [0.15, 0.2) is 0 Å². The number of nitrogens with zero attached hydrogens (tertiary/aromatic N) is 6. The third-order valence-electron chi connectivity index (χ3n) is 2.68. The molecule has 0 unspecified atom stereocenters. The molecule has 2 rings (SSSR count). The number of hydrogen-bond acceptors (Lipinski definition) is 12. The molecule has 0 saturated carbocycles. The van der Waals surface area contributed by atoms with Crippen LogP contribution in [0.3, 0.4) is 0 Å². The van der Waals surface area contributed by atoms with E-state index in [1.54, 1.807) is 0 Å². The summed E-state index contributed by atoms with van der Waals surface area (Å²) in [6, 6.07) is -1.61. The predicted octanol–water partition coefficient (Wildman–Crippen LogP) is -3.76. The Morgan fingerprint density at radius 2 is 1.46 bits per heavy atom. The van der Waals surface area contributed by atoms with Crippen LogP contribution in [0, 0.1) is 0 Å². The van der Waals surface area contributed by atoms with Crippen LogP contribution in [0.2, 0.25) is 0 Å². The van der Waals surface area contributed by atoms with Gasteiger partial charge in [0.05, 0.1) is 0 Å². The van der Waals surface area contributed by atoms with Crippen LogP contribution >= 0.6 is 0 Å². The van der Waals surface area contributed by atoms with Crippen LogP contribution in [0.1, 0.15) is 0 Å². The summed E-state index contributed by atoms with van der Waals surface area (Å²) in [5.41, 5.74) is 0. The van der Waals surface area contributed by atoms with Gasteiger partial charge >= 0.3 is 12.1 Å². The molecular formula is C7H13N13O5S. The van der Waals surface area contributed by atoms with Crippen LogP contribution in [0.4, 0.5) is 21.5 Å². The largest absolute Gasteiger partial charge is 0.336 e. The number of nitrogens with two attached hydrogens (primary N) is 1. The van der Waals surface area contributed by atoms with Crippen molar-refractivity contribution in [2.24, 2.45) is 5.90 Å². The van der Waals surface area contributed by atoms with Gasteiger partial charge in [-0.15, -0.1) is 0 Å². The second-order valence-corrected chi connectivity index (χ2v) is 6.23. The van der Waals surface area contributed by atoms with E-state index in [-0.39, 0.29) is 11.9 Å². The van der Waals surface area contributed by atoms with E-state index in [0.29, 0.717) is 0 Å². The van der Waals surface area contributed by atoms with Gasteiger partial charge in [-0.05, 0) is 20.9 Å². The lowest BCUT2D eigenvalue weighted by Crippen LogP contribution is -2.47. The molecule has 0 fully saturated rings. The predicted molar refractivity (Wildman–Crippen MR) is 80.4 cm³/mol. The van der Waals surface area contributed by atoms with E-state index in [1.807, 2.05) is 0 Å². The Balaban J connectivity index is 1.87. The molecule has 19 heteroatoms. The maximum Gasteiger partial charge on any atom is 0.321 e. The first-order chi connectivity index (χ1) is 12.4. The highest BCUT2D eigenvalue weighted by molar-refractivity contribution is 7.87. The number of nitrogens with one attached hydrogen (secondary N) is 6. The van der Waals surface area contributed by atoms with Gasteiger partial charge in [-0.2, -0.15) is 18.6 Å². The van der Waals surface area contributed by atoms with E-state index in [9.17, 15) is 18.0 Å². The molecule has 26 heavy (non-hydrogen) atoms. The minimum absolute atomic E-state index is 0.0600. The summed E-state index contributed by atoms with van der Waals surface area (Å²) in [5, 5.41) is 31.8. The van der Waals surface area contributed by atoms with Crippen molar-refractivity contribution in [3.63, 3.8) is 0 Å². The third kappa shape index (κ3) is 5.57. The fraction of sp³-hybridized carbons (Fsp3) is 0.429. The van der Waals surface area contributed by atoms with E-state index in [4.69, 9.17) is 5.90 Å². The number of aromatic nitrogens is 8. The van der Waals surface area contributed by atoms with E-state index < -0.39 is 40.5 Å². The topological polar surface area (TPSA) is 261 Å². The van der Waals surface area contributed by atoms with Crippen LogP contribution in [0.15, 0.2) is 0 Å². The van der Waals surface area contributed by atoms with E-state index in [0.717, 1.165) is 0 Å². The molecular weight excluding hydrogens is 378 g/mol. The number of carbonyl (C=O) groups excluding carboxylic acids is 2. The Morgan fingerprint density at radius 3 is 1.81 bits per heavy atom. The number of rotatable bonds is 8. The van der Waals surface area contributed by atoms with Crippen molar-refractivity contribution in [2.45, 2.75) is 5.25 Å². The van der Waals surface area contributed by atoms with Crippen LogP contribution in [0.5, 0.6) is 0 Å². The summed E-state index contributed by atoms with van der Waals surface area (Å²) in [4.78, 5) is 23.3. The molecule has 0 aromatic carbocycles. The maximum absolute atomic E-state index is 11.8. The van der Waals surface area contributed by atoms with Crippen molar-refractivity contribution in [3.05, 3.63) is 0 Å². The Morgan fingerprint density at radius 1 is 1.00 bits per heavy atom. The Bertz CT molecular complexity index is 752. The molecule has 8 N–H and O–H groups in total. The summed E-state index contributed by atoms with van der Waals surface area (Å²) in [5.74, 6) is 4.61. The molecule has 0 spiro atoms. The molecule has 0 aliphatic heterocycles. The van der Waals surface area contributed by atoms with Gasteiger partial charge in [-0.25, -0.2) is 19.8 Å². The molecule has 2 aromatic heterocycles. The minimum Gasteiger partial charge on any atom is -0.336 e. The molecule has 142 valence electrons. The average Bonchev–Trinajstić information content (AvgIpc) is 3.28. The SMILES string of the molecule is NOS(=O)(=O)C(CNC(=O)Nc1nnn[nH]1)CNC(=O)Nc1nnn[nH]1. The fourth-order valence-corrected chi connectivity index (χ4v) is 2.23. The van der Waals surface area contributed by atoms with Gasteiger partial charge in [-0.3, -0.25) is 10.6 Å². The molecule has 0 atom stereocenters. The lowest BCUT2D eigenvalue weighted by Gasteiger charge is -2.17. The minimum atomic E-state index is -4.28. The quantitative estimate of drug-likeness (QED) is 0.214. The van der Waals surface area contributed by atoms with Crippen molar-refractivity contribution in [3.8, 4) is 0 Å². The first kappa shape index (κ1) is 18.9. The first-order valence-corrected chi connectivity index (χ1v) is 8.07. The fourth-order valence-electron chi connectivity index (χ4n) is 1.50. The highest BCUT2D eigenvalue weighted by Crippen LogP contribution is 2.01. The molecule has 0 radical (unpaired) electrons. The smallest absolute Gasteiger partial charge is 0.321 e. The van der Waals surface area contributed by atoms with Gasteiger partial charge in [0.25, 0.3) is 10.1 Å². The van der Waals surface area contributed by atoms with Crippen LogP contribution in [-0.2, 0) is 14.4 Å². The van der Waals surface area contributed by atoms with Crippen LogP contribution in [0.25, 0.3) is 0 Å². The van der Waals surface area contributed by atoms with Gasteiger partial charge in [0, 0.05) is 13.1 Å². The number of anilines is 2. The van der Waals surface area contributed by atoms with Crippen molar-refractivity contribution < 1.29 is 22.3 Å². The zero-order valence-electron chi connectivity index (χ0n) is 12.7. The molecule has 4 amide bonds. The molecule has 0 aliphatic carbocycles. The average molecular weight is 391 g/mol. The zero-order chi connectivity index (χ0) is 19.0. The molecule has 0 saturated heterocycles. The monoisotopic (exact) mass is 391 g/mol. The highest BCUT2D eigenvalue weighted by atomic mass is 32.2. The molecule has 18 nitrogen and oxygen atoms in total.